The Morgan fingerprint density at radius 1 is 0.542 bits per heavy atom. The fourth-order valence-electron chi connectivity index (χ4n) is 7.83. The highest BCUT2D eigenvalue weighted by Gasteiger charge is 2.37. The zero-order valence-electron chi connectivity index (χ0n) is 32.4. The van der Waals surface area contributed by atoms with E-state index in [9.17, 15) is 19.2 Å². The second-order valence-electron chi connectivity index (χ2n) is 14.5. The first-order valence-corrected chi connectivity index (χ1v) is 20.8. The monoisotopic (exact) mass is 860 g/mol. The zero-order chi connectivity index (χ0) is 40.7. The number of hydrogen-bond donors (Lipinski definition) is 3. The SMILES string of the molecule is C1COCCN1.O=C1C(Br)CCN1c1ccc(-c2n[nH]c(=O)c3ccccc23)cc1.O=C1C(N2CCOCC2)CCN1c1ccc(-c2n[nH]c(=O)c3ccccc23)cc1. The topological polar surface area (TPSA) is 166 Å². The Morgan fingerprint density at radius 2 is 1.00 bits per heavy atom. The minimum Gasteiger partial charge on any atom is -0.379 e. The number of fused-ring (bicyclic) bond motifs is 2. The Kier molecular flexibility index (Phi) is 12.6. The minimum absolute atomic E-state index is 0.0524. The first kappa shape index (κ1) is 40.2. The lowest BCUT2D eigenvalue weighted by atomic mass is 10.0. The standard InChI is InChI=1S/C22H22N4O3.C18H14BrN3O2.C4H9NO/c27-21-18-4-2-1-3-17(18)20(23-24-21)15-5-7-16(8-6-15)26-10-9-19(22(26)28)25-11-13-29-14-12-25;19-15-9-10-22(18(15)24)12-7-5-11(6-8-12)16-13-3-1-2-4-14(13)17(23)21-20-16;1-3-6-4-2-5-1/h1-8,19H,9-14H2,(H,24,27);1-8,15H,9-10H2,(H,21,23);5H,1-4H2. The quantitative estimate of drug-likeness (QED) is 0.207. The van der Waals surface area contributed by atoms with Crippen LogP contribution in [-0.4, -0.2) is 114 Å². The molecule has 2 atom stereocenters. The van der Waals surface area contributed by atoms with Crippen LogP contribution in [0.3, 0.4) is 0 Å². The molecule has 59 heavy (non-hydrogen) atoms. The Hall–Kier alpha value is -5.58. The van der Waals surface area contributed by atoms with E-state index in [4.69, 9.17) is 9.47 Å². The molecular weight excluding hydrogens is 816 g/mol. The maximum Gasteiger partial charge on any atom is 0.272 e. The van der Waals surface area contributed by atoms with Gasteiger partial charge in [-0.2, -0.15) is 10.2 Å². The number of halogens is 1. The predicted octanol–water partition coefficient (Wildman–Crippen LogP) is 4.72. The number of aromatic nitrogens is 4. The molecule has 0 radical (unpaired) electrons. The van der Waals surface area contributed by atoms with E-state index >= 15 is 0 Å². The molecule has 2 amide bonds. The van der Waals surface area contributed by atoms with E-state index in [1.165, 1.54) is 0 Å². The average Bonchev–Trinajstić information content (AvgIpc) is 3.85. The molecule has 15 heteroatoms. The van der Waals surface area contributed by atoms with Gasteiger partial charge in [0.05, 0.1) is 59.5 Å². The number of ether oxygens (including phenoxy) is 2. The summed E-state index contributed by atoms with van der Waals surface area (Å²) in [6.45, 7) is 8.29. The Labute approximate surface area is 348 Å². The van der Waals surface area contributed by atoms with E-state index < -0.39 is 0 Å². The van der Waals surface area contributed by atoms with Crippen molar-refractivity contribution in [3.63, 3.8) is 0 Å². The van der Waals surface area contributed by atoms with E-state index in [-0.39, 0.29) is 33.8 Å². The number of benzene rings is 4. The van der Waals surface area contributed by atoms with Gasteiger partial charge in [-0.3, -0.25) is 24.1 Å². The second-order valence-corrected chi connectivity index (χ2v) is 15.6. The summed E-state index contributed by atoms with van der Waals surface area (Å²) in [5.74, 6) is 0.252. The molecule has 10 rings (SSSR count). The van der Waals surface area contributed by atoms with Crippen LogP contribution in [0.25, 0.3) is 44.1 Å². The van der Waals surface area contributed by atoms with Crippen LogP contribution < -0.4 is 26.2 Å². The maximum atomic E-state index is 13.0. The molecule has 3 N–H and O–H groups in total. The highest BCUT2D eigenvalue weighted by atomic mass is 79.9. The number of morpholine rings is 2. The van der Waals surface area contributed by atoms with Gasteiger partial charge in [0, 0.05) is 72.5 Å². The fraction of sp³-hybridized carbons (Fsp3) is 0.318. The summed E-state index contributed by atoms with van der Waals surface area (Å²) >= 11 is 3.39. The lowest BCUT2D eigenvalue weighted by Crippen LogP contribution is -2.47. The van der Waals surface area contributed by atoms with Gasteiger partial charge >= 0.3 is 0 Å². The van der Waals surface area contributed by atoms with Gasteiger partial charge in [-0.15, -0.1) is 0 Å². The molecule has 6 heterocycles. The summed E-state index contributed by atoms with van der Waals surface area (Å²) in [7, 11) is 0. The van der Waals surface area contributed by atoms with Crippen LogP contribution in [0.4, 0.5) is 11.4 Å². The molecular formula is C44H45BrN8O6. The number of carbonyl (C=O) groups is 2. The highest BCUT2D eigenvalue weighted by molar-refractivity contribution is 9.10. The summed E-state index contributed by atoms with van der Waals surface area (Å²) in [6, 6.07) is 30.3. The van der Waals surface area contributed by atoms with Crippen LogP contribution in [0.15, 0.2) is 107 Å². The van der Waals surface area contributed by atoms with Crippen molar-refractivity contribution in [3.8, 4) is 22.5 Å². The van der Waals surface area contributed by atoms with Crippen molar-refractivity contribution in [2.24, 2.45) is 0 Å². The lowest BCUT2D eigenvalue weighted by molar-refractivity contribution is -0.123. The molecule has 2 aromatic heterocycles. The normalized spacial score (nSPS) is 19.7. The first-order chi connectivity index (χ1) is 28.9. The Bertz CT molecular complexity index is 2530. The Morgan fingerprint density at radius 3 is 1.44 bits per heavy atom. The van der Waals surface area contributed by atoms with Crippen molar-refractivity contribution in [3.05, 3.63) is 118 Å². The molecule has 4 aliphatic rings. The molecule has 304 valence electrons. The van der Waals surface area contributed by atoms with Gasteiger partial charge < -0.3 is 24.6 Å². The number of alkyl halides is 1. The summed E-state index contributed by atoms with van der Waals surface area (Å²) in [6.07, 6.45) is 1.65. The maximum absolute atomic E-state index is 13.0. The molecule has 4 saturated heterocycles. The lowest BCUT2D eigenvalue weighted by Gasteiger charge is -2.31. The third kappa shape index (κ3) is 8.89. The molecule has 0 aliphatic carbocycles. The number of carbonyl (C=O) groups excluding carboxylic acids is 2. The molecule has 0 bridgehead atoms. The number of nitrogens with one attached hydrogen (secondary N) is 3. The van der Waals surface area contributed by atoms with Crippen molar-refractivity contribution in [2.75, 3.05) is 75.5 Å². The highest BCUT2D eigenvalue weighted by Crippen LogP contribution is 2.31. The fourth-order valence-corrected chi connectivity index (χ4v) is 8.29. The van der Waals surface area contributed by atoms with Crippen molar-refractivity contribution in [1.82, 2.24) is 30.6 Å². The van der Waals surface area contributed by atoms with Gasteiger partial charge in [-0.25, -0.2) is 10.2 Å². The third-order valence-electron chi connectivity index (χ3n) is 10.9. The minimum atomic E-state index is -0.197. The van der Waals surface area contributed by atoms with Gasteiger partial charge in [0.25, 0.3) is 11.1 Å². The van der Waals surface area contributed by atoms with E-state index in [1.807, 2.05) is 89.8 Å². The number of aromatic amines is 2. The zero-order valence-corrected chi connectivity index (χ0v) is 34.0. The van der Waals surface area contributed by atoms with Crippen LogP contribution in [0.2, 0.25) is 0 Å². The largest absolute Gasteiger partial charge is 0.379 e. The molecule has 4 aromatic carbocycles. The van der Waals surface area contributed by atoms with Gasteiger partial charge in [-0.1, -0.05) is 76.6 Å². The molecule has 2 unspecified atom stereocenters. The van der Waals surface area contributed by atoms with E-state index in [1.54, 1.807) is 17.0 Å². The van der Waals surface area contributed by atoms with E-state index in [2.05, 4.69) is 46.5 Å². The number of hydrogen-bond acceptors (Lipinski definition) is 10. The van der Waals surface area contributed by atoms with Crippen LogP contribution in [0, 0.1) is 0 Å². The van der Waals surface area contributed by atoms with Crippen LogP contribution in [0.1, 0.15) is 12.8 Å². The third-order valence-corrected chi connectivity index (χ3v) is 11.8. The number of H-pyrrole nitrogens is 2. The second kappa shape index (κ2) is 18.6. The van der Waals surface area contributed by atoms with Gasteiger partial charge in [0.2, 0.25) is 11.8 Å². The van der Waals surface area contributed by atoms with Crippen LogP contribution in [0.5, 0.6) is 0 Å². The van der Waals surface area contributed by atoms with Crippen molar-refractivity contribution >= 4 is 60.7 Å². The number of amides is 2. The van der Waals surface area contributed by atoms with E-state index in [0.717, 1.165) is 103 Å². The van der Waals surface area contributed by atoms with Crippen LogP contribution in [-0.2, 0) is 19.1 Å². The van der Waals surface area contributed by atoms with Crippen LogP contribution >= 0.6 is 15.9 Å². The average molecular weight is 862 g/mol. The summed E-state index contributed by atoms with van der Waals surface area (Å²) in [4.78, 5) is 54.7. The molecule has 6 aromatic rings. The summed E-state index contributed by atoms with van der Waals surface area (Å²) < 4.78 is 10.4. The molecule has 14 nitrogen and oxygen atoms in total. The van der Waals surface area contributed by atoms with Gasteiger partial charge in [-0.05, 0) is 49.2 Å². The molecule has 4 aliphatic heterocycles. The number of rotatable bonds is 5. The number of nitrogens with zero attached hydrogens (tertiary/aromatic N) is 5. The first-order valence-electron chi connectivity index (χ1n) is 19.9. The Balaban J connectivity index is 0.000000146. The molecule has 4 fully saturated rings. The van der Waals surface area contributed by atoms with E-state index in [0.29, 0.717) is 30.5 Å². The van der Waals surface area contributed by atoms with Crippen molar-refractivity contribution in [2.45, 2.75) is 23.7 Å². The van der Waals surface area contributed by atoms with Crippen molar-refractivity contribution in [1.29, 1.82) is 0 Å². The van der Waals surface area contributed by atoms with Gasteiger partial charge in [0.1, 0.15) is 0 Å². The number of anilines is 2. The van der Waals surface area contributed by atoms with Gasteiger partial charge in [0.15, 0.2) is 0 Å². The molecule has 0 spiro atoms. The smallest absolute Gasteiger partial charge is 0.272 e. The predicted molar refractivity (Wildman–Crippen MR) is 232 cm³/mol. The summed E-state index contributed by atoms with van der Waals surface area (Å²) in [5, 5.41) is 19.6. The summed E-state index contributed by atoms with van der Waals surface area (Å²) in [5.41, 5.74) is 4.62. The van der Waals surface area contributed by atoms with Crippen molar-refractivity contribution < 1.29 is 19.1 Å². The molecule has 0 saturated carbocycles.